The van der Waals surface area contributed by atoms with Gasteiger partial charge in [0.15, 0.2) is 14.9 Å². The van der Waals surface area contributed by atoms with Gasteiger partial charge >= 0.3 is 0 Å². The summed E-state index contributed by atoms with van der Waals surface area (Å²) in [7, 11) is -3.21. The van der Waals surface area contributed by atoms with Crippen LogP contribution in [0.15, 0.2) is 22.0 Å². The van der Waals surface area contributed by atoms with Crippen LogP contribution < -0.4 is 0 Å². The van der Waals surface area contributed by atoms with Crippen molar-refractivity contribution in [3.8, 4) is 0 Å². The Morgan fingerprint density at radius 3 is 2.36 bits per heavy atom. The Labute approximate surface area is 72.7 Å². The molecule has 0 atom stereocenters. The molecule has 4 nitrogen and oxygen atoms in total. The topological polar surface area (TPSA) is 59.9 Å². The lowest BCUT2D eigenvalue weighted by Crippen LogP contribution is -2.00. The van der Waals surface area contributed by atoms with Crippen LogP contribution in [0.25, 0.3) is 0 Å². The third kappa shape index (κ3) is 2.23. The van der Waals surface area contributed by atoms with Crippen LogP contribution in [0.4, 0.5) is 0 Å². The van der Waals surface area contributed by atoms with Crippen molar-refractivity contribution >= 4 is 25.8 Å². The van der Waals surface area contributed by atoms with Gasteiger partial charge in [0.25, 0.3) is 0 Å². The second-order valence-electron chi connectivity index (χ2n) is 1.95. The maximum absolute atomic E-state index is 10.8. The lowest BCUT2D eigenvalue weighted by Gasteiger charge is -1.94. The van der Waals surface area contributed by atoms with E-state index >= 15 is 0 Å². The van der Waals surface area contributed by atoms with Gasteiger partial charge in [0.2, 0.25) is 0 Å². The van der Waals surface area contributed by atoms with Crippen LogP contribution >= 0.6 is 15.9 Å². The van der Waals surface area contributed by atoms with E-state index in [1.54, 1.807) is 0 Å². The zero-order valence-electron chi connectivity index (χ0n) is 5.65. The molecule has 60 valence electrons. The number of hydrogen-bond acceptors (Lipinski definition) is 4. The zero-order valence-corrected chi connectivity index (χ0v) is 8.05. The number of nitrogens with zero attached hydrogens (tertiary/aromatic N) is 2. The number of sulfone groups is 1. The zero-order chi connectivity index (χ0) is 8.48. The molecule has 0 unspecified atom stereocenters. The number of aromatic nitrogens is 2. The van der Waals surface area contributed by atoms with Crippen molar-refractivity contribution in [2.24, 2.45) is 0 Å². The number of hydrogen-bond donors (Lipinski definition) is 0. The molecular weight excluding hydrogens is 232 g/mol. The third-order valence-corrected chi connectivity index (χ3v) is 2.36. The smallest absolute Gasteiger partial charge is 0.194 e. The number of rotatable bonds is 1. The van der Waals surface area contributed by atoms with Crippen LogP contribution in [0.3, 0.4) is 0 Å². The second kappa shape index (κ2) is 2.86. The molecule has 0 aliphatic carbocycles. The molecular formula is C5H5BrN2O2S. The minimum absolute atomic E-state index is 0.0132. The first-order chi connectivity index (χ1) is 5.00. The summed E-state index contributed by atoms with van der Waals surface area (Å²) in [5.41, 5.74) is 0. The summed E-state index contributed by atoms with van der Waals surface area (Å²) in [4.78, 5) is 7.37. The van der Waals surface area contributed by atoms with Gasteiger partial charge in [0, 0.05) is 6.26 Å². The molecule has 0 fully saturated rings. The standard InChI is InChI=1S/C5H5BrN2O2S/c1-11(9,10)5-3-7-4(6)2-8-5/h2-3H,1H3. The molecule has 0 aliphatic rings. The Morgan fingerprint density at radius 2 is 2.00 bits per heavy atom. The van der Waals surface area contributed by atoms with Crippen LogP contribution in [-0.2, 0) is 9.84 Å². The van der Waals surface area contributed by atoms with Crippen molar-refractivity contribution < 1.29 is 8.42 Å². The van der Waals surface area contributed by atoms with Crippen molar-refractivity contribution in [1.29, 1.82) is 0 Å². The summed E-state index contributed by atoms with van der Waals surface area (Å²) < 4.78 is 22.2. The average Bonchev–Trinajstić information content (AvgIpc) is 1.86. The van der Waals surface area contributed by atoms with Crippen LogP contribution in [0.2, 0.25) is 0 Å². The molecule has 0 amide bonds. The first-order valence-corrected chi connectivity index (χ1v) is 5.36. The van der Waals surface area contributed by atoms with Crippen molar-refractivity contribution in [1.82, 2.24) is 9.97 Å². The normalized spacial score (nSPS) is 11.5. The van der Waals surface area contributed by atoms with Crippen LogP contribution in [0.5, 0.6) is 0 Å². The monoisotopic (exact) mass is 236 g/mol. The van der Waals surface area contributed by atoms with Gasteiger partial charge in [-0.05, 0) is 15.9 Å². The predicted octanol–water partition coefficient (Wildman–Crippen LogP) is 0.643. The van der Waals surface area contributed by atoms with Gasteiger partial charge in [-0.3, -0.25) is 0 Å². The molecule has 11 heavy (non-hydrogen) atoms. The minimum Gasteiger partial charge on any atom is -0.245 e. The molecule has 0 saturated heterocycles. The van der Waals surface area contributed by atoms with E-state index in [4.69, 9.17) is 0 Å². The molecule has 0 radical (unpaired) electrons. The minimum atomic E-state index is -3.21. The third-order valence-electron chi connectivity index (χ3n) is 0.977. The van der Waals surface area contributed by atoms with Gasteiger partial charge in [-0.15, -0.1) is 0 Å². The van der Waals surface area contributed by atoms with Gasteiger partial charge in [0.05, 0.1) is 12.4 Å². The van der Waals surface area contributed by atoms with Crippen LogP contribution in [-0.4, -0.2) is 24.6 Å². The van der Waals surface area contributed by atoms with Gasteiger partial charge in [-0.1, -0.05) is 0 Å². The lowest BCUT2D eigenvalue weighted by molar-refractivity contribution is 0.597. The van der Waals surface area contributed by atoms with Crippen molar-refractivity contribution in [3.05, 3.63) is 17.0 Å². The summed E-state index contributed by atoms with van der Waals surface area (Å²) in [6, 6.07) is 0. The largest absolute Gasteiger partial charge is 0.245 e. The first kappa shape index (κ1) is 8.61. The second-order valence-corrected chi connectivity index (χ2v) is 4.72. The molecule has 1 rings (SSSR count). The summed E-state index contributed by atoms with van der Waals surface area (Å²) in [6.45, 7) is 0. The highest BCUT2D eigenvalue weighted by Crippen LogP contribution is 2.06. The van der Waals surface area contributed by atoms with E-state index in [2.05, 4.69) is 25.9 Å². The highest BCUT2D eigenvalue weighted by Gasteiger charge is 2.07. The fraction of sp³-hybridized carbons (Fsp3) is 0.200. The summed E-state index contributed by atoms with van der Waals surface area (Å²) >= 11 is 3.04. The quantitative estimate of drug-likeness (QED) is 0.719. The maximum Gasteiger partial charge on any atom is 0.194 e. The molecule has 1 aromatic rings. The molecule has 0 saturated carbocycles. The maximum atomic E-state index is 10.8. The van der Waals surface area contributed by atoms with Crippen LogP contribution in [0.1, 0.15) is 0 Å². The lowest BCUT2D eigenvalue weighted by atomic mass is 10.8. The van der Waals surface area contributed by atoms with E-state index in [1.165, 1.54) is 12.4 Å². The molecule has 0 bridgehead atoms. The molecule has 0 aliphatic heterocycles. The average molecular weight is 237 g/mol. The molecule has 1 aromatic heterocycles. The Morgan fingerprint density at radius 1 is 1.36 bits per heavy atom. The van der Waals surface area contributed by atoms with Crippen molar-refractivity contribution in [3.63, 3.8) is 0 Å². The molecule has 0 N–H and O–H groups in total. The van der Waals surface area contributed by atoms with E-state index in [1.807, 2.05) is 0 Å². The van der Waals surface area contributed by atoms with Gasteiger partial charge in [-0.25, -0.2) is 18.4 Å². The summed E-state index contributed by atoms with van der Waals surface area (Å²) in [6.07, 6.45) is 3.64. The van der Waals surface area contributed by atoms with Crippen LogP contribution in [0, 0.1) is 0 Å². The van der Waals surface area contributed by atoms with E-state index in [9.17, 15) is 8.42 Å². The Bertz CT molecular complexity index is 345. The van der Waals surface area contributed by atoms with Crippen molar-refractivity contribution in [2.45, 2.75) is 5.03 Å². The SMILES string of the molecule is CS(=O)(=O)c1cnc(Br)cn1. The Hall–Kier alpha value is -0.490. The van der Waals surface area contributed by atoms with E-state index in [0.29, 0.717) is 4.60 Å². The summed E-state index contributed by atoms with van der Waals surface area (Å²) in [5, 5.41) is -0.0132. The molecule has 0 aromatic carbocycles. The number of halogens is 1. The molecule has 0 spiro atoms. The van der Waals surface area contributed by atoms with Crippen molar-refractivity contribution in [2.75, 3.05) is 6.26 Å². The predicted molar refractivity (Wildman–Crippen MR) is 42.8 cm³/mol. The fourth-order valence-electron chi connectivity index (χ4n) is 0.492. The fourth-order valence-corrected chi connectivity index (χ4v) is 1.19. The van der Waals surface area contributed by atoms with E-state index in [0.717, 1.165) is 6.26 Å². The first-order valence-electron chi connectivity index (χ1n) is 2.68. The van der Waals surface area contributed by atoms with E-state index < -0.39 is 9.84 Å². The summed E-state index contributed by atoms with van der Waals surface area (Å²) in [5.74, 6) is 0. The van der Waals surface area contributed by atoms with E-state index in [-0.39, 0.29) is 5.03 Å². The molecule has 1 heterocycles. The van der Waals surface area contributed by atoms with Gasteiger partial charge in [0.1, 0.15) is 4.60 Å². The Balaban J connectivity index is 3.20. The highest BCUT2D eigenvalue weighted by molar-refractivity contribution is 9.10. The molecule has 6 heteroatoms. The Kier molecular flexibility index (Phi) is 2.24. The van der Waals surface area contributed by atoms with Gasteiger partial charge < -0.3 is 0 Å². The highest BCUT2D eigenvalue weighted by atomic mass is 79.9. The van der Waals surface area contributed by atoms with Gasteiger partial charge in [-0.2, -0.15) is 0 Å².